The Morgan fingerprint density at radius 2 is 2.00 bits per heavy atom. The molecule has 5 nitrogen and oxygen atoms in total. The normalized spacial score (nSPS) is 17.9. The molecule has 1 atom stereocenters. The Kier molecular flexibility index (Phi) is 6.27. The van der Waals surface area contributed by atoms with Crippen LogP contribution in [0.4, 0.5) is 23.7 Å². The van der Waals surface area contributed by atoms with Crippen molar-refractivity contribution in [1.82, 2.24) is 10.2 Å². The van der Waals surface area contributed by atoms with Crippen LogP contribution in [0.15, 0.2) is 24.3 Å². The number of halogens is 3. The summed E-state index contributed by atoms with van der Waals surface area (Å²) in [6.07, 6.45) is -2.52. The van der Waals surface area contributed by atoms with Gasteiger partial charge in [0.25, 0.3) is 0 Å². The zero-order chi connectivity index (χ0) is 18.4. The molecular formula is C17H22F3N3O2. The smallest absolute Gasteiger partial charge is 0.356 e. The molecule has 1 unspecified atom stereocenters. The van der Waals surface area contributed by atoms with Crippen LogP contribution in [-0.2, 0) is 11.0 Å². The van der Waals surface area contributed by atoms with Crippen molar-refractivity contribution >= 4 is 17.6 Å². The topological polar surface area (TPSA) is 61.4 Å². The number of amides is 3. The fraction of sp³-hybridized carbons (Fsp3) is 0.529. The number of hydrogen-bond donors (Lipinski definition) is 2. The SMILES string of the molecule is CCC(=O)NCC1CCCN(C(=O)Nc2ccccc2C(F)(F)F)C1. The monoisotopic (exact) mass is 357 g/mol. The number of nitrogens with zero attached hydrogens (tertiary/aromatic N) is 1. The maximum atomic E-state index is 13.0. The van der Waals surface area contributed by atoms with E-state index in [1.54, 1.807) is 6.92 Å². The van der Waals surface area contributed by atoms with Gasteiger partial charge in [0, 0.05) is 26.1 Å². The summed E-state index contributed by atoms with van der Waals surface area (Å²) in [5.74, 6) is 0.0496. The van der Waals surface area contributed by atoms with Gasteiger partial charge in [-0.15, -0.1) is 0 Å². The second-order valence-corrected chi connectivity index (χ2v) is 6.09. The van der Waals surface area contributed by atoms with Gasteiger partial charge in [0.05, 0.1) is 11.3 Å². The minimum absolute atomic E-state index is 0.0549. The molecule has 1 aromatic rings. The predicted molar refractivity (Wildman–Crippen MR) is 88.1 cm³/mol. The maximum Gasteiger partial charge on any atom is 0.418 e. The highest BCUT2D eigenvalue weighted by atomic mass is 19.4. The van der Waals surface area contributed by atoms with Gasteiger partial charge in [-0.25, -0.2) is 4.79 Å². The molecule has 1 aromatic carbocycles. The number of para-hydroxylation sites is 1. The highest BCUT2D eigenvalue weighted by Crippen LogP contribution is 2.34. The number of urea groups is 1. The van der Waals surface area contributed by atoms with Crippen LogP contribution in [0.5, 0.6) is 0 Å². The van der Waals surface area contributed by atoms with Gasteiger partial charge in [0.2, 0.25) is 5.91 Å². The predicted octanol–water partition coefficient (Wildman–Crippen LogP) is 3.48. The molecule has 0 aliphatic carbocycles. The minimum Gasteiger partial charge on any atom is -0.356 e. The van der Waals surface area contributed by atoms with Crippen molar-refractivity contribution in [2.75, 3.05) is 25.0 Å². The number of nitrogens with one attached hydrogen (secondary N) is 2. The average molecular weight is 357 g/mol. The molecule has 2 N–H and O–H groups in total. The first-order valence-electron chi connectivity index (χ1n) is 8.30. The van der Waals surface area contributed by atoms with Gasteiger partial charge >= 0.3 is 12.2 Å². The third-order valence-electron chi connectivity index (χ3n) is 4.19. The van der Waals surface area contributed by atoms with Crippen LogP contribution >= 0.6 is 0 Å². The zero-order valence-corrected chi connectivity index (χ0v) is 14.0. The second kappa shape index (κ2) is 8.22. The molecule has 138 valence electrons. The van der Waals surface area contributed by atoms with E-state index in [0.717, 1.165) is 18.9 Å². The van der Waals surface area contributed by atoms with Gasteiger partial charge in [-0.3, -0.25) is 4.79 Å². The summed E-state index contributed by atoms with van der Waals surface area (Å²) in [6, 6.07) is 4.36. The van der Waals surface area contributed by atoms with Crippen molar-refractivity contribution in [2.24, 2.45) is 5.92 Å². The van der Waals surface area contributed by atoms with Crippen molar-refractivity contribution in [2.45, 2.75) is 32.4 Å². The molecule has 1 saturated heterocycles. The molecule has 25 heavy (non-hydrogen) atoms. The number of carbonyl (C=O) groups is 2. The van der Waals surface area contributed by atoms with E-state index in [2.05, 4.69) is 10.6 Å². The number of anilines is 1. The number of likely N-dealkylation sites (tertiary alicyclic amines) is 1. The first-order valence-corrected chi connectivity index (χ1v) is 8.30. The molecule has 0 radical (unpaired) electrons. The summed E-state index contributed by atoms with van der Waals surface area (Å²) in [4.78, 5) is 25.2. The number of carbonyl (C=O) groups excluding carboxylic acids is 2. The highest BCUT2D eigenvalue weighted by molar-refractivity contribution is 5.90. The summed E-state index contributed by atoms with van der Waals surface area (Å²) >= 11 is 0. The molecule has 0 saturated carbocycles. The van der Waals surface area contributed by atoms with E-state index in [0.29, 0.717) is 26.1 Å². The van der Waals surface area contributed by atoms with E-state index in [-0.39, 0.29) is 17.5 Å². The van der Waals surface area contributed by atoms with Gasteiger partial charge in [0.15, 0.2) is 0 Å². The molecule has 8 heteroatoms. The van der Waals surface area contributed by atoms with E-state index in [1.807, 2.05) is 0 Å². The molecule has 1 aliphatic rings. The number of alkyl halides is 3. The van der Waals surface area contributed by atoms with Crippen LogP contribution in [0.3, 0.4) is 0 Å². The standard InChI is InChI=1S/C17H22F3N3O2/c1-2-15(24)21-10-12-6-5-9-23(11-12)16(25)22-14-8-4-3-7-13(14)17(18,19)20/h3-4,7-8,12H,2,5-6,9-11H2,1H3,(H,21,24)(H,22,25). The number of hydrogen-bond acceptors (Lipinski definition) is 2. The summed E-state index contributed by atoms with van der Waals surface area (Å²) < 4.78 is 39.0. The Labute approximate surface area is 144 Å². The molecule has 1 heterocycles. The van der Waals surface area contributed by atoms with Gasteiger partial charge in [-0.2, -0.15) is 13.2 Å². The van der Waals surface area contributed by atoms with Crippen molar-refractivity contribution in [3.63, 3.8) is 0 Å². The summed E-state index contributed by atoms with van der Waals surface area (Å²) in [5.41, 5.74) is -1.12. The first-order chi connectivity index (χ1) is 11.8. The Balaban J connectivity index is 1.98. The number of benzene rings is 1. The van der Waals surface area contributed by atoms with E-state index in [1.165, 1.54) is 23.1 Å². The maximum absolute atomic E-state index is 13.0. The van der Waals surface area contributed by atoms with Crippen LogP contribution in [-0.4, -0.2) is 36.5 Å². The lowest BCUT2D eigenvalue weighted by Gasteiger charge is -2.33. The third-order valence-corrected chi connectivity index (χ3v) is 4.19. The molecule has 1 fully saturated rings. The Bertz CT molecular complexity index is 619. The van der Waals surface area contributed by atoms with Gasteiger partial charge in [-0.05, 0) is 30.9 Å². The van der Waals surface area contributed by atoms with Crippen molar-refractivity contribution in [3.8, 4) is 0 Å². The molecule has 0 aromatic heterocycles. The lowest BCUT2D eigenvalue weighted by Crippen LogP contribution is -2.45. The Hall–Kier alpha value is -2.25. The van der Waals surface area contributed by atoms with Gasteiger partial charge in [0.1, 0.15) is 0 Å². The third kappa shape index (κ3) is 5.37. The largest absolute Gasteiger partial charge is 0.418 e. The lowest BCUT2D eigenvalue weighted by molar-refractivity contribution is -0.137. The minimum atomic E-state index is -4.53. The Morgan fingerprint density at radius 1 is 1.28 bits per heavy atom. The summed E-state index contributed by atoms with van der Waals surface area (Å²) in [5, 5.41) is 5.16. The van der Waals surface area contributed by atoms with E-state index >= 15 is 0 Å². The van der Waals surface area contributed by atoms with Crippen LogP contribution in [0.25, 0.3) is 0 Å². The molecule has 2 rings (SSSR count). The van der Waals surface area contributed by atoms with Gasteiger partial charge < -0.3 is 15.5 Å². The molecule has 0 spiro atoms. The van der Waals surface area contributed by atoms with Crippen LogP contribution in [0, 0.1) is 5.92 Å². The zero-order valence-electron chi connectivity index (χ0n) is 14.0. The van der Waals surface area contributed by atoms with Gasteiger partial charge in [-0.1, -0.05) is 19.1 Å². The molecular weight excluding hydrogens is 335 g/mol. The van der Waals surface area contributed by atoms with Crippen molar-refractivity contribution in [1.29, 1.82) is 0 Å². The highest BCUT2D eigenvalue weighted by Gasteiger charge is 2.34. The Morgan fingerprint density at radius 3 is 2.68 bits per heavy atom. The van der Waals surface area contributed by atoms with E-state index in [4.69, 9.17) is 0 Å². The summed E-state index contributed by atoms with van der Waals surface area (Å²) in [6.45, 7) is 3.12. The van der Waals surface area contributed by atoms with Crippen LogP contribution < -0.4 is 10.6 Å². The fourth-order valence-electron chi connectivity index (χ4n) is 2.83. The first kappa shape index (κ1) is 19.1. The van der Waals surface area contributed by atoms with E-state index in [9.17, 15) is 22.8 Å². The molecule has 3 amide bonds. The lowest BCUT2D eigenvalue weighted by atomic mass is 9.98. The van der Waals surface area contributed by atoms with Crippen LogP contribution in [0.1, 0.15) is 31.7 Å². The fourth-order valence-corrected chi connectivity index (χ4v) is 2.83. The van der Waals surface area contributed by atoms with Crippen molar-refractivity contribution < 1.29 is 22.8 Å². The van der Waals surface area contributed by atoms with Crippen LogP contribution in [0.2, 0.25) is 0 Å². The molecule has 1 aliphatic heterocycles. The average Bonchev–Trinajstić information content (AvgIpc) is 2.59. The molecule has 0 bridgehead atoms. The summed E-state index contributed by atoms with van der Waals surface area (Å²) in [7, 11) is 0. The second-order valence-electron chi connectivity index (χ2n) is 6.09. The quantitative estimate of drug-likeness (QED) is 0.867. The van der Waals surface area contributed by atoms with E-state index < -0.39 is 17.8 Å². The van der Waals surface area contributed by atoms with Crippen molar-refractivity contribution in [3.05, 3.63) is 29.8 Å². The number of rotatable bonds is 4. The number of piperidine rings is 1.